The van der Waals surface area contributed by atoms with Crippen LogP contribution >= 0.6 is 34.7 Å². The summed E-state index contributed by atoms with van der Waals surface area (Å²) in [6.07, 6.45) is 4.02. The minimum absolute atomic E-state index is 0.148. The standard InChI is InChI=1S/C22H25ClN6O2S2/c1-4-10-29-19(27-28-22(29)33-13-18(30)26-21-24-9-11-32-21)17(12-14(2)3)25-20(31)15-7-5-6-8-16(15)23/h4-9,11,14,17H,1,10,12-13H2,2-3H3,(H,25,31)(H,24,26,30)/t17-/m1/s1. The Morgan fingerprint density at radius 2 is 2.09 bits per heavy atom. The number of hydrogen-bond donors (Lipinski definition) is 2. The highest BCUT2D eigenvalue weighted by atomic mass is 35.5. The number of carbonyl (C=O) groups excluding carboxylic acids is 2. The summed E-state index contributed by atoms with van der Waals surface area (Å²) in [5.74, 6) is 0.574. The highest BCUT2D eigenvalue weighted by molar-refractivity contribution is 7.99. The topological polar surface area (TPSA) is 102 Å². The molecule has 11 heteroatoms. The van der Waals surface area contributed by atoms with Crippen molar-refractivity contribution < 1.29 is 9.59 Å². The third kappa shape index (κ3) is 6.89. The number of rotatable bonds is 11. The maximum Gasteiger partial charge on any atom is 0.253 e. The first-order chi connectivity index (χ1) is 15.9. The summed E-state index contributed by atoms with van der Waals surface area (Å²) < 4.78 is 1.87. The van der Waals surface area contributed by atoms with Gasteiger partial charge in [0.05, 0.1) is 22.4 Å². The van der Waals surface area contributed by atoms with E-state index in [1.807, 2.05) is 4.57 Å². The number of amides is 2. The van der Waals surface area contributed by atoms with E-state index in [4.69, 9.17) is 11.6 Å². The van der Waals surface area contributed by atoms with Crippen LogP contribution in [0.4, 0.5) is 5.13 Å². The average Bonchev–Trinajstić information content (AvgIpc) is 3.42. The Kier molecular flexibility index (Phi) is 9.04. The highest BCUT2D eigenvalue weighted by Gasteiger charge is 2.25. The molecule has 0 aliphatic rings. The van der Waals surface area contributed by atoms with Gasteiger partial charge < -0.3 is 15.2 Å². The SMILES string of the molecule is C=CCn1c(SCC(=O)Nc2nccs2)nnc1[C@@H](CC(C)C)NC(=O)c1ccccc1Cl. The fourth-order valence-electron chi connectivity index (χ4n) is 3.12. The second-order valence-corrected chi connectivity index (χ2v) is 9.79. The van der Waals surface area contributed by atoms with Crippen molar-refractivity contribution in [3.05, 3.63) is 64.9 Å². The van der Waals surface area contributed by atoms with Gasteiger partial charge in [-0.05, 0) is 24.5 Å². The van der Waals surface area contributed by atoms with Gasteiger partial charge in [-0.3, -0.25) is 9.59 Å². The lowest BCUT2D eigenvalue weighted by Gasteiger charge is -2.21. The van der Waals surface area contributed by atoms with Crippen molar-refractivity contribution in [2.75, 3.05) is 11.1 Å². The molecule has 0 bridgehead atoms. The number of aromatic nitrogens is 4. The van der Waals surface area contributed by atoms with E-state index in [-0.39, 0.29) is 29.5 Å². The van der Waals surface area contributed by atoms with E-state index < -0.39 is 0 Å². The second kappa shape index (κ2) is 12.0. The Morgan fingerprint density at radius 1 is 1.30 bits per heavy atom. The van der Waals surface area contributed by atoms with Crippen LogP contribution in [0.3, 0.4) is 0 Å². The van der Waals surface area contributed by atoms with Crippen molar-refractivity contribution in [1.29, 1.82) is 0 Å². The van der Waals surface area contributed by atoms with Crippen LogP contribution in [0.5, 0.6) is 0 Å². The molecule has 2 heterocycles. The van der Waals surface area contributed by atoms with Crippen LogP contribution in [0.1, 0.15) is 42.5 Å². The predicted octanol–water partition coefficient (Wildman–Crippen LogP) is 4.82. The Bertz CT molecular complexity index is 1100. The maximum absolute atomic E-state index is 12.9. The van der Waals surface area contributed by atoms with Gasteiger partial charge >= 0.3 is 0 Å². The lowest BCUT2D eigenvalue weighted by Crippen LogP contribution is -2.32. The second-order valence-electron chi connectivity index (χ2n) is 7.55. The van der Waals surface area contributed by atoms with Crippen LogP contribution in [0.25, 0.3) is 0 Å². The minimum Gasteiger partial charge on any atom is -0.342 e. The van der Waals surface area contributed by atoms with E-state index in [1.54, 1.807) is 41.9 Å². The number of anilines is 1. The molecule has 2 amide bonds. The maximum atomic E-state index is 12.9. The van der Waals surface area contributed by atoms with Gasteiger partial charge in [0.15, 0.2) is 16.1 Å². The lowest BCUT2D eigenvalue weighted by molar-refractivity contribution is -0.113. The first-order valence-corrected chi connectivity index (χ1v) is 12.5. The van der Waals surface area contributed by atoms with Gasteiger partial charge in [-0.25, -0.2) is 4.98 Å². The van der Waals surface area contributed by atoms with Crippen molar-refractivity contribution in [2.24, 2.45) is 5.92 Å². The van der Waals surface area contributed by atoms with Gasteiger partial charge in [-0.1, -0.05) is 55.4 Å². The minimum atomic E-state index is -0.389. The molecule has 33 heavy (non-hydrogen) atoms. The largest absolute Gasteiger partial charge is 0.342 e. The molecule has 2 N–H and O–H groups in total. The van der Waals surface area contributed by atoms with Gasteiger partial charge in [-0.2, -0.15) is 0 Å². The third-order valence-electron chi connectivity index (χ3n) is 4.51. The van der Waals surface area contributed by atoms with Crippen LogP contribution in [-0.2, 0) is 11.3 Å². The van der Waals surface area contributed by atoms with E-state index in [0.29, 0.717) is 39.7 Å². The highest BCUT2D eigenvalue weighted by Crippen LogP contribution is 2.26. The van der Waals surface area contributed by atoms with E-state index in [1.165, 1.54) is 23.1 Å². The smallest absolute Gasteiger partial charge is 0.253 e. The zero-order valence-corrected chi connectivity index (χ0v) is 20.7. The summed E-state index contributed by atoms with van der Waals surface area (Å²) in [6, 6.07) is 6.52. The molecule has 0 spiro atoms. The molecule has 3 rings (SSSR count). The molecule has 0 fully saturated rings. The molecule has 0 aliphatic heterocycles. The Hall–Kier alpha value is -2.69. The monoisotopic (exact) mass is 504 g/mol. The molecular formula is C22H25ClN6O2S2. The predicted molar refractivity (Wildman–Crippen MR) is 133 cm³/mol. The van der Waals surface area contributed by atoms with Crippen LogP contribution in [0.2, 0.25) is 5.02 Å². The number of halogens is 1. The Morgan fingerprint density at radius 3 is 2.76 bits per heavy atom. The quantitative estimate of drug-likeness (QED) is 0.286. The number of nitrogens with one attached hydrogen (secondary N) is 2. The normalized spacial score (nSPS) is 11.9. The number of hydrogen-bond acceptors (Lipinski definition) is 7. The first-order valence-electron chi connectivity index (χ1n) is 10.3. The number of thiazole rings is 1. The summed E-state index contributed by atoms with van der Waals surface area (Å²) in [5.41, 5.74) is 0.399. The van der Waals surface area contributed by atoms with Gasteiger partial charge in [0.2, 0.25) is 5.91 Å². The molecule has 8 nitrogen and oxygen atoms in total. The zero-order chi connectivity index (χ0) is 23.8. The molecule has 3 aromatic rings. The van der Waals surface area contributed by atoms with Crippen LogP contribution in [0, 0.1) is 5.92 Å². The number of benzene rings is 1. The number of thioether (sulfide) groups is 1. The number of nitrogens with zero attached hydrogens (tertiary/aromatic N) is 4. The molecule has 0 radical (unpaired) electrons. The molecule has 2 aromatic heterocycles. The van der Waals surface area contributed by atoms with Crippen LogP contribution in [0.15, 0.2) is 53.7 Å². The fourth-order valence-corrected chi connectivity index (χ4v) is 4.64. The van der Waals surface area contributed by atoms with Gasteiger partial charge in [0, 0.05) is 18.1 Å². The average molecular weight is 505 g/mol. The third-order valence-corrected chi connectivity index (χ3v) is 6.50. The van der Waals surface area contributed by atoms with Crippen LogP contribution in [-0.4, -0.2) is 37.3 Å². The zero-order valence-electron chi connectivity index (χ0n) is 18.3. The number of carbonyl (C=O) groups is 2. The lowest BCUT2D eigenvalue weighted by atomic mass is 10.0. The van der Waals surface area contributed by atoms with Crippen molar-refractivity contribution in [3.63, 3.8) is 0 Å². The first kappa shape index (κ1) is 24.9. The van der Waals surface area contributed by atoms with Crippen molar-refractivity contribution in [2.45, 2.75) is 38.0 Å². The van der Waals surface area contributed by atoms with Crippen molar-refractivity contribution in [3.8, 4) is 0 Å². The van der Waals surface area contributed by atoms with E-state index in [0.717, 1.165) is 0 Å². The van der Waals surface area contributed by atoms with Crippen molar-refractivity contribution in [1.82, 2.24) is 25.1 Å². The van der Waals surface area contributed by atoms with E-state index in [2.05, 4.69) is 46.2 Å². The molecule has 1 atom stereocenters. The van der Waals surface area contributed by atoms with Crippen LogP contribution < -0.4 is 10.6 Å². The van der Waals surface area contributed by atoms with Crippen molar-refractivity contribution >= 4 is 51.6 Å². The van der Waals surface area contributed by atoms with Gasteiger partial charge in [-0.15, -0.1) is 28.1 Å². The molecule has 0 saturated heterocycles. The summed E-state index contributed by atoms with van der Waals surface area (Å²) in [4.78, 5) is 29.3. The molecule has 0 aliphatic carbocycles. The molecule has 1 aromatic carbocycles. The fraction of sp³-hybridized carbons (Fsp3) is 0.318. The summed E-state index contributed by atoms with van der Waals surface area (Å²) >= 11 is 8.83. The summed E-state index contributed by atoms with van der Waals surface area (Å²) in [5, 5.41) is 17.7. The number of allylic oxidation sites excluding steroid dienone is 1. The summed E-state index contributed by atoms with van der Waals surface area (Å²) in [7, 11) is 0. The van der Waals surface area contributed by atoms with Gasteiger partial charge in [0.1, 0.15) is 0 Å². The molecule has 0 saturated carbocycles. The van der Waals surface area contributed by atoms with E-state index >= 15 is 0 Å². The summed E-state index contributed by atoms with van der Waals surface area (Å²) in [6.45, 7) is 8.41. The molecular weight excluding hydrogens is 480 g/mol. The van der Waals surface area contributed by atoms with Gasteiger partial charge in [0.25, 0.3) is 5.91 Å². The Labute approximate surface area is 205 Å². The molecule has 174 valence electrons. The molecule has 0 unspecified atom stereocenters. The van der Waals surface area contributed by atoms with E-state index in [9.17, 15) is 9.59 Å². The Balaban J connectivity index is 1.79.